The molecule has 0 saturated heterocycles. The predicted octanol–water partition coefficient (Wildman–Crippen LogP) is 4.49. The topological polar surface area (TPSA) is 35.0 Å². The third kappa shape index (κ3) is 2.85. The van der Waals surface area contributed by atoms with Crippen LogP contribution in [0.1, 0.15) is 5.01 Å². The zero-order valence-electron chi connectivity index (χ0n) is 7.78. The van der Waals surface area contributed by atoms with E-state index in [1.807, 2.05) is 0 Å². The van der Waals surface area contributed by atoms with Gasteiger partial charge in [0.15, 0.2) is 0 Å². The summed E-state index contributed by atoms with van der Waals surface area (Å²) < 4.78 is 6.29. The maximum Gasteiger partial charge on any atom is 0.299 e. The Bertz CT molecular complexity index is 506. The molecule has 0 atom stereocenters. The third-order valence-corrected chi connectivity index (χ3v) is 3.72. The number of alkyl halides is 1. The Morgan fingerprint density at radius 1 is 1.38 bits per heavy atom. The summed E-state index contributed by atoms with van der Waals surface area (Å²) in [6.07, 6.45) is 0. The van der Waals surface area contributed by atoms with Crippen molar-refractivity contribution in [1.29, 1.82) is 0 Å². The van der Waals surface area contributed by atoms with Crippen LogP contribution in [-0.2, 0) is 5.88 Å². The molecule has 2 aromatic rings. The number of hydrogen-bond donors (Lipinski definition) is 0. The lowest BCUT2D eigenvalue weighted by Gasteiger charge is -2.03. The summed E-state index contributed by atoms with van der Waals surface area (Å²) in [5, 5.41) is 9.52. The number of ether oxygens (including phenoxy) is 1. The van der Waals surface area contributed by atoms with Gasteiger partial charge in [0.05, 0.1) is 10.4 Å². The minimum Gasteiger partial charge on any atom is -0.429 e. The third-order valence-electron chi connectivity index (χ3n) is 1.65. The van der Waals surface area contributed by atoms with Crippen LogP contribution in [0.25, 0.3) is 0 Å². The SMILES string of the molecule is ClCc1nnc(Oc2ccc(Cl)cc2Br)s1. The van der Waals surface area contributed by atoms with Crippen LogP contribution >= 0.6 is 50.5 Å². The van der Waals surface area contributed by atoms with E-state index in [-0.39, 0.29) is 0 Å². The van der Waals surface area contributed by atoms with Gasteiger partial charge in [0, 0.05) is 5.02 Å². The van der Waals surface area contributed by atoms with Gasteiger partial charge in [-0.15, -0.1) is 16.7 Å². The Kier molecular flexibility index (Phi) is 4.02. The fraction of sp³-hybridized carbons (Fsp3) is 0.111. The van der Waals surface area contributed by atoms with Gasteiger partial charge in [0.2, 0.25) is 0 Å². The van der Waals surface area contributed by atoms with Gasteiger partial charge in [-0.1, -0.05) is 28.0 Å². The van der Waals surface area contributed by atoms with E-state index in [9.17, 15) is 0 Å². The molecule has 0 aliphatic heterocycles. The van der Waals surface area contributed by atoms with Crippen LogP contribution in [0.2, 0.25) is 5.02 Å². The summed E-state index contributed by atoms with van der Waals surface area (Å²) in [4.78, 5) is 0. The molecule has 1 heterocycles. The van der Waals surface area contributed by atoms with Crippen molar-refractivity contribution in [1.82, 2.24) is 10.2 Å². The van der Waals surface area contributed by atoms with Crippen LogP contribution in [0.3, 0.4) is 0 Å². The lowest BCUT2D eigenvalue weighted by Crippen LogP contribution is -1.84. The fourth-order valence-electron chi connectivity index (χ4n) is 0.985. The van der Waals surface area contributed by atoms with Crippen LogP contribution in [-0.4, -0.2) is 10.2 Å². The molecule has 0 radical (unpaired) electrons. The molecule has 0 aliphatic rings. The molecular weight excluding hydrogens is 335 g/mol. The smallest absolute Gasteiger partial charge is 0.299 e. The first kappa shape index (κ1) is 12.1. The van der Waals surface area contributed by atoms with Crippen molar-refractivity contribution in [3.63, 3.8) is 0 Å². The second-order valence-electron chi connectivity index (χ2n) is 2.77. The Hall–Kier alpha value is -0.360. The lowest BCUT2D eigenvalue weighted by molar-refractivity contribution is 0.470. The first-order valence-corrected chi connectivity index (χ1v) is 6.72. The molecule has 84 valence electrons. The second-order valence-corrected chi connectivity index (χ2v) is 5.35. The van der Waals surface area contributed by atoms with Crippen molar-refractivity contribution in [2.24, 2.45) is 0 Å². The molecule has 0 bridgehead atoms. The summed E-state index contributed by atoms with van der Waals surface area (Å²) in [5.41, 5.74) is 0. The first-order chi connectivity index (χ1) is 7.69. The summed E-state index contributed by atoms with van der Waals surface area (Å²) in [5.74, 6) is 0.977. The minimum absolute atomic E-state index is 0.336. The van der Waals surface area contributed by atoms with E-state index in [1.165, 1.54) is 11.3 Å². The molecule has 7 heteroatoms. The zero-order valence-corrected chi connectivity index (χ0v) is 11.7. The molecule has 0 N–H and O–H groups in total. The molecule has 1 aromatic carbocycles. The van der Waals surface area contributed by atoms with Crippen LogP contribution in [0.4, 0.5) is 0 Å². The van der Waals surface area contributed by atoms with Gasteiger partial charge in [-0.05, 0) is 34.1 Å². The quantitative estimate of drug-likeness (QED) is 0.773. The Morgan fingerprint density at radius 3 is 2.81 bits per heavy atom. The number of aromatic nitrogens is 2. The molecule has 3 nitrogen and oxygen atoms in total. The Balaban J connectivity index is 2.20. The molecule has 2 rings (SSSR count). The van der Waals surface area contributed by atoms with Gasteiger partial charge in [0.25, 0.3) is 5.19 Å². The monoisotopic (exact) mass is 338 g/mol. The molecule has 0 saturated carbocycles. The summed E-state index contributed by atoms with van der Waals surface area (Å²) in [6, 6.07) is 5.25. The van der Waals surface area contributed by atoms with E-state index >= 15 is 0 Å². The number of nitrogens with zero attached hydrogens (tertiary/aromatic N) is 2. The minimum atomic E-state index is 0.336. The molecule has 0 spiro atoms. The normalized spacial score (nSPS) is 10.4. The number of rotatable bonds is 3. The first-order valence-electron chi connectivity index (χ1n) is 4.20. The predicted molar refractivity (Wildman–Crippen MR) is 68.7 cm³/mol. The van der Waals surface area contributed by atoms with Gasteiger partial charge in [-0.3, -0.25) is 0 Å². The maximum atomic E-state index is 5.82. The molecular formula is C9H5BrCl2N2OS. The second kappa shape index (κ2) is 5.31. The highest BCUT2D eigenvalue weighted by Crippen LogP contribution is 2.33. The molecule has 1 aromatic heterocycles. The van der Waals surface area contributed by atoms with Gasteiger partial charge >= 0.3 is 0 Å². The fourth-order valence-corrected chi connectivity index (χ4v) is 2.52. The van der Waals surface area contributed by atoms with E-state index in [2.05, 4.69) is 26.1 Å². The van der Waals surface area contributed by atoms with Crippen molar-refractivity contribution < 1.29 is 4.74 Å². The molecule has 0 aliphatic carbocycles. The van der Waals surface area contributed by atoms with Gasteiger partial charge < -0.3 is 4.74 Å². The highest BCUT2D eigenvalue weighted by Gasteiger charge is 2.08. The van der Waals surface area contributed by atoms with E-state index in [0.717, 1.165) is 9.48 Å². The number of hydrogen-bond acceptors (Lipinski definition) is 4. The van der Waals surface area contributed by atoms with E-state index in [1.54, 1.807) is 18.2 Å². The van der Waals surface area contributed by atoms with Gasteiger partial charge in [-0.2, -0.15) is 0 Å². The maximum absolute atomic E-state index is 5.82. The van der Waals surface area contributed by atoms with Crippen molar-refractivity contribution in [3.05, 3.63) is 32.7 Å². The van der Waals surface area contributed by atoms with Crippen molar-refractivity contribution in [3.8, 4) is 10.9 Å². The standard InChI is InChI=1S/C9H5BrCl2N2OS/c10-6-3-5(12)1-2-7(6)15-9-14-13-8(4-11)16-9/h1-3H,4H2. The van der Waals surface area contributed by atoms with Gasteiger partial charge in [-0.25, -0.2) is 0 Å². The van der Waals surface area contributed by atoms with Crippen LogP contribution < -0.4 is 4.74 Å². The largest absolute Gasteiger partial charge is 0.429 e. The summed E-state index contributed by atoms with van der Waals surface area (Å²) >= 11 is 16.1. The van der Waals surface area contributed by atoms with E-state index in [0.29, 0.717) is 21.8 Å². The average molecular weight is 340 g/mol. The molecule has 0 amide bonds. The highest BCUT2D eigenvalue weighted by molar-refractivity contribution is 9.10. The molecule has 16 heavy (non-hydrogen) atoms. The summed E-state index contributed by atoms with van der Waals surface area (Å²) in [6.45, 7) is 0. The molecule has 0 fully saturated rings. The molecule has 0 unspecified atom stereocenters. The van der Waals surface area contributed by atoms with Crippen molar-refractivity contribution in [2.75, 3.05) is 0 Å². The van der Waals surface area contributed by atoms with Gasteiger partial charge in [0.1, 0.15) is 10.8 Å². The van der Waals surface area contributed by atoms with Crippen LogP contribution in [0.15, 0.2) is 22.7 Å². The van der Waals surface area contributed by atoms with Crippen molar-refractivity contribution >= 4 is 50.5 Å². The van der Waals surface area contributed by atoms with E-state index < -0.39 is 0 Å². The lowest BCUT2D eigenvalue weighted by atomic mass is 10.3. The Morgan fingerprint density at radius 2 is 2.19 bits per heavy atom. The van der Waals surface area contributed by atoms with E-state index in [4.69, 9.17) is 27.9 Å². The van der Waals surface area contributed by atoms with Crippen LogP contribution in [0.5, 0.6) is 10.9 Å². The highest BCUT2D eigenvalue weighted by atomic mass is 79.9. The zero-order chi connectivity index (χ0) is 11.5. The van der Waals surface area contributed by atoms with Crippen LogP contribution in [0, 0.1) is 0 Å². The summed E-state index contributed by atoms with van der Waals surface area (Å²) in [7, 11) is 0. The van der Waals surface area contributed by atoms with Crippen molar-refractivity contribution in [2.45, 2.75) is 5.88 Å². The Labute approximate surface area is 114 Å². The number of benzene rings is 1. The number of halogens is 3. The average Bonchev–Trinajstić information content (AvgIpc) is 2.70.